The highest BCUT2D eigenvalue weighted by atomic mass is 31.2. The molecule has 0 bridgehead atoms. The molecule has 0 radical (unpaired) electrons. The van der Waals surface area contributed by atoms with Gasteiger partial charge in [0.05, 0.1) is 25.3 Å². The second-order valence-corrected chi connectivity index (χ2v) is 9.86. The first-order valence-electron chi connectivity index (χ1n) is 10.3. The molecule has 0 aliphatic carbocycles. The van der Waals surface area contributed by atoms with Crippen molar-refractivity contribution >= 4 is 19.4 Å². The minimum atomic E-state index is -4.09. The number of hydrogen-bond donors (Lipinski definition) is 2. The zero-order valence-electron chi connectivity index (χ0n) is 17.7. The number of esters is 1. The summed E-state index contributed by atoms with van der Waals surface area (Å²) in [5, 5.41) is 10.2. The molecule has 2 aliphatic rings. The number of para-hydroxylation sites is 1. The lowest BCUT2D eigenvalue weighted by Gasteiger charge is -2.23. The highest BCUT2D eigenvalue weighted by molar-refractivity contribution is 7.54. The summed E-state index contributed by atoms with van der Waals surface area (Å²) in [4.78, 5) is 27.3. The van der Waals surface area contributed by atoms with E-state index in [4.69, 9.17) is 24.3 Å². The number of cyclic esters (lactones) is 1. The maximum absolute atomic E-state index is 14.8. The van der Waals surface area contributed by atoms with Crippen LogP contribution < -0.4 is 15.9 Å². The van der Waals surface area contributed by atoms with Crippen molar-refractivity contribution in [1.29, 1.82) is 0 Å². The predicted molar refractivity (Wildman–Crippen MR) is 112 cm³/mol. The molecule has 1 aromatic heterocycles. The molecule has 34 heavy (non-hydrogen) atoms. The number of hydrogen-bond acceptors (Lipinski definition) is 10. The SMILES string of the molecule is Nc1ccn([C@@H]2O[C@H](COP(=O)(C[C@H]3CCOC3=O)Oc3ccccc3)[C@@H](O)C2(F)F)c(=O)n1. The topological polar surface area (TPSA) is 152 Å². The van der Waals surface area contributed by atoms with Crippen LogP contribution >= 0.6 is 7.60 Å². The second kappa shape index (κ2) is 9.41. The third-order valence-corrected chi connectivity index (χ3v) is 7.31. The van der Waals surface area contributed by atoms with Gasteiger partial charge in [0.25, 0.3) is 0 Å². The Morgan fingerprint density at radius 3 is 2.65 bits per heavy atom. The number of alkyl halides is 2. The van der Waals surface area contributed by atoms with Crippen molar-refractivity contribution in [2.24, 2.45) is 5.92 Å². The molecule has 1 aromatic carbocycles. The average Bonchev–Trinajstić information content (AvgIpc) is 3.28. The van der Waals surface area contributed by atoms with Gasteiger partial charge in [0.2, 0.25) is 6.23 Å². The molecule has 0 spiro atoms. The summed E-state index contributed by atoms with van der Waals surface area (Å²) < 4.78 is 64.5. The van der Waals surface area contributed by atoms with E-state index >= 15 is 0 Å². The Balaban J connectivity index is 1.52. The third kappa shape index (κ3) is 4.97. The van der Waals surface area contributed by atoms with Crippen molar-refractivity contribution in [3.8, 4) is 5.75 Å². The number of anilines is 1. The molecule has 3 heterocycles. The number of aromatic nitrogens is 2. The van der Waals surface area contributed by atoms with Crippen LogP contribution in [-0.2, 0) is 23.4 Å². The van der Waals surface area contributed by atoms with Crippen molar-refractivity contribution in [2.75, 3.05) is 25.1 Å². The smallest absolute Gasteiger partial charge is 0.380 e. The number of aliphatic hydroxyl groups excluding tert-OH is 1. The van der Waals surface area contributed by atoms with E-state index in [2.05, 4.69) is 4.98 Å². The van der Waals surface area contributed by atoms with E-state index in [1.807, 2.05) is 0 Å². The zero-order chi connectivity index (χ0) is 24.5. The summed E-state index contributed by atoms with van der Waals surface area (Å²) >= 11 is 0. The van der Waals surface area contributed by atoms with Crippen LogP contribution in [0, 0.1) is 5.92 Å². The van der Waals surface area contributed by atoms with Crippen LogP contribution in [-0.4, -0.2) is 58.1 Å². The van der Waals surface area contributed by atoms with E-state index < -0.39 is 56.1 Å². The normalized spacial score (nSPS) is 27.8. The first-order valence-corrected chi connectivity index (χ1v) is 12.0. The first kappa shape index (κ1) is 24.3. The Morgan fingerprint density at radius 1 is 1.26 bits per heavy atom. The Morgan fingerprint density at radius 2 is 2.00 bits per heavy atom. The van der Waals surface area contributed by atoms with Gasteiger partial charge in [-0.3, -0.25) is 13.9 Å². The van der Waals surface area contributed by atoms with Crippen molar-refractivity contribution in [3.63, 3.8) is 0 Å². The number of nitrogens with zero attached hydrogens (tertiary/aromatic N) is 2. The predicted octanol–water partition coefficient (Wildman–Crippen LogP) is 1.57. The number of rotatable bonds is 8. The van der Waals surface area contributed by atoms with Gasteiger partial charge in [-0.25, -0.2) is 9.36 Å². The summed E-state index contributed by atoms with van der Waals surface area (Å²) in [5.74, 6) is -5.24. The number of benzene rings is 1. The number of ether oxygens (including phenoxy) is 2. The molecule has 2 fully saturated rings. The number of carbonyl (C=O) groups excluding carboxylic acids is 1. The number of carbonyl (C=O) groups is 1. The van der Waals surface area contributed by atoms with Gasteiger partial charge in [-0.2, -0.15) is 13.8 Å². The molecule has 14 heteroatoms. The summed E-state index contributed by atoms with van der Waals surface area (Å²) in [5.41, 5.74) is 4.28. The number of halogens is 2. The molecular formula is C20H22F2N3O8P. The second-order valence-electron chi connectivity index (χ2n) is 7.84. The quantitative estimate of drug-likeness (QED) is 0.403. The molecule has 3 N–H and O–H groups in total. The molecule has 0 amide bonds. The van der Waals surface area contributed by atoms with Crippen LogP contribution in [0.2, 0.25) is 0 Å². The zero-order valence-corrected chi connectivity index (χ0v) is 18.6. The Bertz CT molecular complexity index is 1150. The van der Waals surface area contributed by atoms with Gasteiger partial charge in [-0.1, -0.05) is 18.2 Å². The van der Waals surface area contributed by atoms with Gasteiger partial charge in [0.15, 0.2) is 6.10 Å². The molecule has 1 unspecified atom stereocenters. The van der Waals surface area contributed by atoms with E-state index in [-0.39, 0.29) is 24.3 Å². The van der Waals surface area contributed by atoms with Gasteiger partial charge in [0, 0.05) is 6.20 Å². The fourth-order valence-corrected chi connectivity index (χ4v) is 5.55. The lowest BCUT2D eigenvalue weighted by atomic mass is 10.1. The van der Waals surface area contributed by atoms with Crippen LogP contribution in [0.4, 0.5) is 14.6 Å². The van der Waals surface area contributed by atoms with Crippen LogP contribution in [0.25, 0.3) is 0 Å². The van der Waals surface area contributed by atoms with E-state index in [0.717, 1.165) is 12.3 Å². The third-order valence-electron chi connectivity index (χ3n) is 5.39. The van der Waals surface area contributed by atoms with Gasteiger partial charge in [0.1, 0.15) is 17.7 Å². The molecular weight excluding hydrogens is 479 g/mol. The maximum atomic E-state index is 14.8. The molecule has 2 aromatic rings. The molecule has 2 aliphatic heterocycles. The fraction of sp³-hybridized carbons (Fsp3) is 0.450. The monoisotopic (exact) mass is 501 g/mol. The highest BCUT2D eigenvalue weighted by Gasteiger charge is 2.60. The molecule has 0 saturated carbocycles. The Kier molecular flexibility index (Phi) is 6.72. The first-order chi connectivity index (χ1) is 16.1. The molecule has 5 atom stereocenters. The number of aliphatic hydroxyl groups is 1. The Labute approximate surface area is 191 Å². The molecule has 184 valence electrons. The fourth-order valence-electron chi connectivity index (χ4n) is 3.63. The van der Waals surface area contributed by atoms with Crippen LogP contribution in [0.1, 0.15) is 12.6 Å². The van der Waals surface area contributed by atoms with Gasteiger partial charge in [-0.15, -0.1) is 0 Å². The maximum Gasteiger partial charge on any atom is 0.380 e. The summed E-state index contributed by atoms with van der Waals surface area (Å²) in [6.07, 6.45) is -5.37. The van der Waals surface area contributed by atoms with E-state index in [1.54, 1.807) is 18.2 Å². The van der Waals surface area contributed by atoms with Crippen LogP contribution in [0.3, 0.4) is 0 Å². The Hall–Kier alpha value is -2.86. The molecule has 4 rings (SSSR count). The summed E-state index contributed by atoms with van der Waals surface area (Å²) in [6, 6.07) is 9.09. The lowest BCUT2D eigenvalue weighted by molar-refractivity contribution is -0.141. The van der Waals surface area contributed by atoms with E-state index in [1.165, 1.54) is 12.1 Å². The van der Waals surface area contributed by atoms with Crippen LogP contribution in [0.5, 0.6) is 5.75 Å². The molecule has 2 saturated heterocycles. The lowest BCUT2D eigenvalue weighted by Crippen LogP contribution is -2.42. The standard InChI is InChI=1S/C20H22F2N3O8P/c21-20(22)16(26)14(32-18(20)25-8-6-15(23)24-19(25)28)10-31-34(29,11-12-7-9-30-17(12)27)33-13-4-2-1-3-5-13/h1-6,8,12,14,16,18,26H,7,9-11H2,(H2,23,24,28)/t12-,14-,16-,18-,34?/m1/s1. The van der Waals surface area contributed by atoms with Crippen molar-refractivity contribution < 1.29 is 41.8 Å². The highest BCUT2D eigenvalue weighted by Crippen LogP contribution is 2.52. The minimum Gasteiger partial charge on any atom is -0.465 e. The number of nitrogens with two attached hydrogens (primary N) is 1. The van der Waals surface area contributed by atoms with Gasteiger partial charge >= 0.3 is 25.2 Å². The molecule has 11 nitrogen and oxygen atoms in total. The van der Waals surface area contributed by atoms with Crippen molar-refractivity contribution in [1.82, 2.24) is 9.55 Å². The number of nitrogen functional groups attached to an aromatic ring is 1. The van der Waals surface area contributed by atoms with Crippen LogP contribution in [0.15, 0.2) is 47.4 Å². The van der Waals surface area contributed by atoms with E-state index in [0.29, 0.717) is 11.0 Å². The van der Waals surface area contributed by atoms with Crippen molar-refractivity contribution in [3.05, 3.63) is 53.1 Å². The van der Waals surface area contributed by atoms with Crippen molar-refractivity contribution in [2.45, 2.75) is 30.8 Å². The van der Waals surface area contributed by atoms with E-state index in [9.17, 15) is 28.0 Å². The largest absolute Gasteiger partial charge is 0.465 e. The van der Waals surface area contributed by atoms with Gasteiger partial charge < -0.3 is 24.8 Å². The minimum absolute atomic E-state index is 0.150. The average molecular weight is 501 g/mol. The summed E-state index contributed by atoms with van der Waals surface area (Å²) in [7, 11) is -4.09. The van der Waals surface area contributed by atoms with Gasteiger partial charge in [-0.05, 0) is 24.6 Å². The summed E-state index contributed by atoms with van der Waals surface area (Å²) in [6.45, 7) is -0.617.